The molecule has 0 atom stereocenters. The van der Waals surface area contributed by atoms with Gasteiger partial charge >= 0.3 is 0 Å². The van der Waals surface area contributed by atoms with Crippen LogP contribution in [0.25, 0.3) is 10.9 Å². The van der Waals surface area contributed by atoms with E-state index in [9.17, 15) is 0 Å². The molecule has 4 nitrogen and oxygen atoms in total. The number of benzene rings is 1. The minimum Gasteiger partial charge on any atom is -0.356 e. The Labute approximate surface area is 133 Å². The molecular weight excluding hydrogens is 272 g/mol. The van der Waals surface area contributed by atoms with Crippen molar-refractivity contribution in [2.75, 3.05) is 36.0 Å². The summed E-state index contributed by atoms with van der Waals surface area (Å²) in [5.74, 6) is 2.79. The molecule has 0 saturated carbocycles. The summed E-state index contributed by atoms with van der Waals surface area (Å²) in [6.07, 6.45) is 2.47. The molecule has 0 radical (unpaired) electrons. The topological polar surface area (TPSA) is 32.3 Å². The molecule has 1 aliphatic heterocycles. The molecule has 1 aromatic heterocycles. The fraction of sp³-hybridized carbons (Fsp3) is 0.556. The van der Waals surface area contributed by atoms with Crippen molar-refractivity contribution in [3.05, 3.63) is 24.3 Å². The van der Waals surface area contributed by atoms with Gasteiger partial charge in [0, 0.05) is 31.6 Å². The van der Waals surface area contributed by atoms with Crippen LogP contribution in [0.5, 0.6) is 0 Å². The van der Waals surface area contributed by atoms with Gasteiger partial charge in [0.15, 0.2) is 0 Å². The van der Waals surface area contributed by atoms with Crippen LogP contribution in [-0.4, -0.2) is 36.1 Å². The summed E-state index contributed by atoms with van der Waals surface area (Å²) in [7, 11) is 0. The Bertz CT molecular complexity index is 628. The van der Waals surface area contributed by atoms with E-state index >= 15 is 0 Å². The summed E-state index contributed by atoms with van der Waals surface area (Å²) in [5, 5.41) is 1.15. The van der Waals surface area contributed by atoms with E-state index in [1.165, 1.54) is 12.8 Å². The van der Waals surface area contributed by atoms with Gasteiger partial charge in [0.1, 0.15) is 5.82 Å². The van der Waals surface area contributed by atoms with Crippen LogP contribution in [0.2, 0.25) is 0 Å². The van der Waals surface area contributed by atoms with E-state index < -0.39 is 0 Å². The third-order valence-electron chi connectivity index (χ3n) is 4.70. The fourth-order valence-corrected chi connectivity index (χ4v) is 3.16. The quantitative estimate of drug-likeness (QED) is 0.861. The van der Waals surface area contributed by atoms with E-state index in [0.29, 0.717) is 0 Å². The van der Waals surface area contributed by atoms with Crippen LogP contribution in [0.15, 0.2) is 24.3 Å². The molecule has 22 heavy (non-hydrogen) atoms. The SMILES string of the molecule is CCN(CC)c1nc(N2CCC(C)CC2)nc2ccccc12. The van der Waals surface area contributed by atoms with E-state index in [4.69, 9.17) is 9.97 Å². The highest BCUT2D eigenvalue weighted by Crippen LogP contribution is 2.28. The zero-order valence-electron chi connectivity index (χ0n) is 13.9. The van der Waals surface area contributed by atoms with Gasteiger partial charge in [-0.1, -0.05) is 19.1 Å². The molecule has 0 N–H and O–H groups in total. The lowest BCUT2D eigenvalue weighted by Gasteiger charge is -2.31. The number of nitrogens with zero attached hydrogens (tertiary/aromatic N) is 4. The molecule has 1 saturated heterocycles. The Kier molecular flexibility index (Phi) is 4.46. The molecule has 0 spiro atoms. The van der Waals surface area contributed by atoms with Crippen molar-refractivity contribution in [2.45, 2.75) is 33.6 Å². The second-order valence-electron chi connectivity index (χ2n) is 6.21. The Morgan fingerprint density at radius 2 is 1.77 bits per heavy atom. The van der Waals surface area contributed by atoms with E-state index in [0.717, 1.165) is 54.8 Å². The number of fused-ring (bicyclic) bond motifs is 1. The zero-order chi connectivity index (χ0) is 15.5. The predicted molar refractivity (Wildman–Crippen MR) is 93.7 cm³/mol. The highest BCUT2D eigenvalue weighted by atomic mass is 15.3. The number of aromatic nitrogens is 2. The highest BCUT2D eigenvalue weighted by Gasteiger charge is 2.20. The molecule has 0 unspecified atom stereocenters. The molecule has 1 aliphatic rings. The molecule has 2 heterocycles. The average molecular weight is 298 g/mol. The second-order valence-corrected chi connectivity index (χ2v) is 6.21. The molecular formula is C18H26N4. The molecule has 1 fully saturated rings. The number of rotatable bonds is 4. The van der Waals surface area contributed by atoms with E-state index in [1.807, 2.05) is 0 Å². The molecule has 4 heteroatoms. The Morgan fingerprint density at radius 3 is 2.45 bits per heavy atom. The summed E-state index contributed by atoms with van der Waals surface area (Å²) in [5.41, 5.74) is 1.05. The lowest BCUT2D eigenvalue weighted by Crippen LogP contribution is -2.34. The lowest BCUT2D eigenvalue weighted by atomic mass is 10.00. The number of para-hydroxylation sites is 1. The first-order valence-corrected chi connectivity index (χ1v) is 8.49. The largest absolute Gasteiger partial charge is 0.356 e. The maximum absolute atomic E-state index is 4.93. The van der Waals surface area contributed by atoms with Crippen molar-refractivity contribution in [1.82, 2.24) is 9.97 Å². The van der Waals surface area contributed by atoms with Crippen molar-refractivity contribution in [3.63, 3.8) is 0 Å². The second kappa shape index (κ2) is 6.51. The van der Waals surface area contributed by atoms with E-state index in [-0.39, 0.29) is 0 Å². The minimum absolute atomic E-state index is 0.818. The Hall–Kier alpha value is -1.84. The summed E-state index contributed by atoms with van der Waals surface area (Å²) in [4.78, 5) is 14.4. The average Bonchev–Trinajstić information content (AvgIpc) is 2.56. The van der Waals surface area contributed by atoms with Crippen molar-refractivity contribution < 1.29 is 0 Å². The van der Waals surface area contributed by atoms with Gasteiger partial charge in [0.25, 0.3) is 0 Å². The lowest BCUT2D eigenvalue weighted by molar-refractivity contribution is 0.434. The molecule has 0 amide bonds. The molecule has 3 rings (SSSR count). The number of hydrogen-bond donors (Lipinski definition) is 0. The first-order valence-electron chi connectivity index (χ1n) is 8.49. The van der Waals surface area contributed by atoms with Gasteiger partial charge in [-0.15, -0.1) is 0 Å². The van der Waals surface area contributed by atoms with Crippen LogP contribution in [0.3, 0.4) is 0 Å². The monoisotopic (exact) mass is 298 g/mol. The van der Waals surface area contributed by atoms with Gasteiger partial charge < -0.3 is 9.80 Å². The predicted octanol–water partition coefficient (Wildman–Crippen LogP) is 3.71. The maximum atomic E-state index is 4.93. The molecule has 0 bridgehead atoms. The third kappa shape index (κ3) is 2.87. The van der Waals surface area contributed by atoms with Gasteiger partial charge in [-0.2, -0.15) is 4.98 Å². The third-order valence-corrected chi connectivity index (χ3v) is 4.70. The number of piperidine rings is 1. The summed E-state index contributed by atoms with van der Waals surface area (Å²) >= 11 is 0. The maximum Gasteiger partial charge on any atom is 0.227 e. The number of anilines is 2. The Morgan fingerprint density at radius 1 is 1.09 bits per heavy atom. The van der Waals surface area contributed by atoms with Crippen LogP contribution < -0.4 is 9.80 Å². The van der Waals surface area contributed by atoms with E-state index in [2.05, 4.69) is 54.8 Å². The molecule has 0 aliphatic carbocycles. The first kappa shape index (κ1) is 15.1. The van der Waals surface area contributed by atoms with Crippen LogP contribution in [0.4, 0.5) is 11.8 Å². The summed E-state index contributed by atoms with van der Waals surface area (Å²) < 4.78 is 0. The zero-order valence-corrected chi connectivity index (χ0v) is 13.9. The smallest absolute Gasteiger partial charge is 0.227 e. The normalized spacial score (nSPS) is 16.2. The van der Waals surface area contributed by atoms with Crippen molar-refractivity contribution in [3.8, 4) is 0 Å². The minimum atomic E-state index is 0.818. The van der Waals surface area contributed by atoms with Gasteiger partial charge in [-0.05, 0) is 44.7 Å². The highest BCUT2D eigenvalue weighted by molar-refractivity contribution is 5.90. The molecule has 118 valence electrons. The van der Waals surface area contributed by atoms with Gasteiger partial charge in [-0.3, -0.25) is 0 Å². The molecule has 2 aromatic rings. The van der Waals surface area contributed by atoms with Gasteiger partial charge in [0.2, 0.25) is 5.95 Å². The van der Waals surface area contributed by atoms with Crippen molar-refractivity contribution >= 4 is 22.7 Å². The van der Waals surface area contributed by atoms with Gasteiger partial charge in [-0.25, -0.2) is 4.98 Å². The Balaban J connectivity index is 2.04. The number of hydrogen-bond acceptors (Lipinski definition) is 4. The first-order chi connectivity index (χ1) is 10.7. The van der Waals surface area contributed by atoms with Crippen LogP contribution >= 0.6 is 0 Å². The summed E-state index contributed by atoms with van der Waals surface area (Å²) in [6.45, 7) is 10.8. The van der Waals surface area contributed by atoms with Gasteiger partial charge in [0.05, 0.1) is 5.52 Å². The van der Waals surface area contributed by atoms with Crippen LogP contribution in [0.1, 0.15) is 33.6 Å². The van der Waals surface area contributed by atoms with Crippen LogP contribution in [0, 0.1) is 5.92 Å². The van der Waals surface area contributed by atoms with Crippen LogP contribution in [-0.2, 0) is 0 Å². The summed E-state index contributed by atoms with van der Waals surface area (Å²) in [6, 6.07) is 8.36. The standard InChI is InChI=1S/C18H26N4/c1-4-21(5-2)17-15-8-6-7-9-16(15)19-18(20-17)22-12-10-14(3)11-13-22/h6-9,14H,4-5,10-13H2,1-3H3. The van der Waals surface area contributed by atoms with Crippen molar-refractivity contribution in [2.24, 2.45) is 5.92 Å². The van der Waals surface area contributed by atoms with Crippen molar-refractivity contribution in [1.29, 1.82) is 0 Å². The molecule has 1 aromatic carbocycles. The fourth-order valence-electron chi connectivity index (χ4n) is 3.16. The van der Waals surface area contributed by atoms with E-state index in [1.54, 1.807) is 0 Å².